The Hall–Kier alpha value is -1.14. The number of carbonyl (C=O) groups is 1. The molecule has 0 aliphatic heterocycles. The van der Waals surface area contributed by atoms with E-state index in [9.17, 15) is 15.0 Å². The summed E-state index contributed by atoms with van der Waals surface area (Å²) >= 11 is 1.27. The Morgan fingerprint density at radius 1 is 1.37 bits per heavy atom. The molecule has 1 rings (SSSR count). The van der Waals surface area contributed by atoms with Crippen LogP contribution in [0.25, 0.3) is 0 Å². The molecular weight excluding hydrogens is 264 g/mol. The van der Waals surface area contributed by atoms with Crippen molar-refractivity contribution in [2.24, 2.45) is 5.92 Å². The van der Waals surface area contributed by atoms with E-state index in [2.05, 4.69) is 9.97 Å². The van der Waals surface area contributed by atoms with E-state index in [4.69, 9.17) is 0 Å². The zero-order valence-electron chi connectivity index (χ0n) is 11.7. The summed E-state index contributed by atoms with van der Waals surface area (Å²) in [6, 6.07) is 0. The SMILES string of the molecule is CCc1nc(C)c(C(=O)O)c(SCC(O)C(C)C)n1. The summed E-state index contributed by atoms with van der Waals surface area (Å²) in [5, 5.41) is 19.5. The molecule has 0 spiro atoms. The number of aryl methyl sites for hydroxylation is 2. The van der Waals surface area contributed by atoms with Crippen LogP contribution in [0.15, 0.2) is 5.03 Å². The van der Waals surface area contributed by atoms with Crippen molar-refractivity contribution < 1.29 is 15.0 Å². The third-order valence-electron chi connectivity index (χ3n) is 2.79. The number of rotatable bonds is 6. The predicted octanol–water partition coefficient (Wildman–Crippen LogP) is 2.15. The zero-order chi connectivity index (χ0) is 14.6. The maximum atomic E-state index is 11.3. The highest BCUT2D eigenvalue weighted by molar-refractivity contribution is 7.99. The van der Waals surface area contributed by atoms with E-state index in [1.165, 1.54) is 11.8 Å². The van der Waals surface area contributed by atoms with Crippen LogP contribution < -0.4 is 0 Å². The quantitative estimate of drug-likeness (QED) is 0.615. The van der Waals surface area contributed by atoms with Gasteiger partial charge in [0.15, 0.2) is 0 Å². The molecule has 1 atom stereocenters. The minimum Gasteiger partial charge on any atom is -0.478 e. The molecule has 0 bridgehead atoms. The van der Waals surface area contributed by atoms with Crippen molar-refractivity contribution >= 4 is 17.7 Å². The second-order valence-corrected chi connectivity index (χ2v) is 5.70. The third kappa shape index (κ3) is 4.18. The Labute approximate surface area is 117 Å². The predicted molar refractivity (Wildman–Crippen MR) is 74.7 cm³/mol. The van der Waals surface area contributed by atoms with Crippen LogP contribution in [0.1, 0.15) is 42.6 Å². The fraction of sp³-hybridized carbons (Fsp3) is 0.615. The molecule has 5 nitrogen and oxygen atoms in total. The Kier molecular flexibility index (Phi) is 5.75. The van der Waals surface area contributed by atoms with E-state index < -0.39 is 12.1 Å². The second kappa shape index (κ2) is 6.86. The fourth-order valence-corrected chi connectivity index (χ4v) is 2.73. The van der Waals surface area contributed by atoms with Crippen LogP contribution in [0.3, 0.4) is 0 Å². The average Bonchev–Trinajstić information content (AvgIpc) is 2.34. The molecule has 0 aliphatic carbocycles. The standard InChI is InChI=1S/C13H20N2O3S/c1-5-10-14-8(4)11(13(17)18)12(15-10)19-6-9(16)7(2)3/h7,9,16H,5-6H2,1-4H3,(H,17,18). The monoisotopic (exact) mass is 284 g/mol. The Balaban J connectivity index is 3.03. The Bertz CT molecular complexity index is 463. The van der Waals surface area contributed by atoms with E-state index in [0.29, 0.717) is 28.7 Å². The summed E-state index contributed by atoms with van der Waals surface area (Å²) in [6.45, 7) is 7.44. The molecule has 6 heteroatoms. The summed E-state index contributed by atoms with van der Waals surface area (Å²) in [5.74, 6) is 0.164. The summed E-state index contributed by atoms with van der Waals surface area (Å²) in [5.41, 5.74) is 0.610. The van der Waals surface area contributed by atoms with Gasteiger partial charge in [-0.25, -0.2) is 14.8 Å². The van der Waals surface area contributed by atoms with E-state index >= 15 is 0 Å². The normalized spacial score (nSPS) is 12.7. The molecule has 106 valence electrons. The van der Waals surface area contributed by atoms with Crippen molar-refractivity contribution in [1.29, 1.82) is 0 Å². The van der Waals surface area contributed by atoms with Crippen molar-refractivity contribution in [2.75, 3.05) is 5.75 Å². The lowest BCUT2D eigenvalue weighted by Crippen LogP contribution is -2.18. The van der Waals surface area contributed by atoms with Gasteiger partial charge in [-0.2, -0.15) is 0 Å². The topological polar surface area (TPSA) is 83.3 Å². The van der Waals surface area contributed by atoms with Gasteiger partial charge in [-0.05, 0) is 12.8 Å². The number of hydrogen-bond acceptors (Lipinski definition) is 5. The van der Waals surface area contributed by atoms with Gasteiger partial charge in [-0.1, -0.05) is 20.8 Å². The highest BCUT2D eigenvalue weighted by Gasteiger charge is 2.19. The van der Waals surface area contributed by atoms with Crippen LogP contribution in [0.5, 0.6) is 0 Å². The maximum Gasteiger partial charge on any atom is 0.340 e. The molecule has 0 fully saturated rings. The number of aliphatic hydroxyl groups is 1. The van der Waals surface area contributed by atoms with Gasteiger partial charge in [-0.15, -0.1) is 11.8 Å². The van der Waals surface area contributed by atoms with Gasteiger partial charge in [0.05, 0.1) is 11.8 Å². The number of carboxylic acid groups (broad SMARTS) is 1. The zero-order valence-corrected chi connectivity index (χ0v) is 12.5. The first-order valence-electron chi connectivity index (χ1n) is 6.28. The van der Waals surface area contributed by atoms with Crippen molar-refractivity contribution in [2.45, 2.75) is 45.2 Å². The van der Waals surface area contributed by atoms with Gasteiger partial charge in [0.2, 0.25) is 0 Å². The molecule has 0 radical (unpaired) electrons. The molecule has 1 aromatic rings. The van der Waals surface area contributed by atoms with E-state index in [0.717, 1.165) is 0 Å². The maximum absolute atomic E-state index is 11.3. The summed E-state index contributed by atoms with van der Waals surface area (Å²) in [4.78, 5) is 19.7. The lowest BCUT2D eigenvalue weighted by atomic mass is 10.1. The number of aromatic carboxylic acids is 1. The second-order valence-electron chi connectivity index (χ2n) is 4.69. The van der Waals surface area contributed by atoms with Gasteiger partial charge < -0.3 is 10.2 Å². The number of carboxylic acids is 1. The molecule has 0 amide bonds. The lowest BCUT2D eigenvalue weighted by molar-refractivity contribution is 0.0690. The molecule has 2 N–H and O–H groups in total. The van der Waals surface area contributed by atoms with Gasteiger partial charge in [0.25, 0.3) is 0 Å². The molecule has 1 unspecified atom stereocenters. The minimum atomic E-state index is -1.03. The van der Waals surface area contributed by atoms with Crippen LogP contribution in [-0.2, 0) is 6.42 Å². The highest BCUT2D eigenvalue weighted by atomic mass is 32.2. The van der Waals surface area contributed by atoms with Crippen molar-refractivity contribution in [1.82, 2.24) is 9.97 Å². The van der Waals surface area contributed by atoms with Gasteiger partial charge in [0.1, 0.15) is 16.4 Å². The van der Waals surface area contributed by atoms with E-state index in [1.807, 2.05) is 20.8 Å². The molecule has 1 aromatic heterocycles. The Morgan fingerprint density at radius 3 is 2.47 bits per heavy atom. The molecular formula is C13H20N2O3S. The van der Waals surface area contributed by atoms with Gasteiger partial charge in [-0.3, -0.25) is 0 Å². The molecule has 0 aromatic carbocycles. The van der Waals surface area contributed by atoms with Crippen molar-refractivity contribution in [3.63, 3.8) is 0 Å². The van der Waals surface area contributed by atoms with Crippen LogP contribution in [0.4, 0.5) is 0 Å². The average molecular weight is 284 g/mol. The van der Waals surface area contributed by atoms with Crippen LogP contribution in [-0.4, -0.2) is 38.0 Å². The Morgan fingerprint density at radius 2 is 2.00 bits per heavy atom. The first kappa shape index (κ1) is 15.9. The van der Waals surface area contributed by atoms with Crippen molar-refractivity contribution in [3.05, 3.63) is 17.1 Å². The van der Waals surface area contributed by atoms with E-state index in [-0.39, 0.29) is 11.5 Å². The van der Waals surface area contributed by atoms with Crippen LogP contribution >= 0.6 is 11.8 Å². The van der Waals surface area contributed by atoms with Crippen molar-refractivity contribution in [3.8, 4) is 0 Å². The molecule has 19 heavy (non-hydrogen) atoms. The number of aliphatic hydroxyl groups excluding tert-OH is 1. The van der Waals surface area contributed by atoms with Gasteiger partial charge >= 0.3 is 5.97 Å². The van der Waals surface area contributed by atoms with Crippen LogP contribution in [0.2, 0.25) is 0 Å². The third-order valence-corrected chi connectivity index (χ3v) is 3.87. The summed E-state index contributed by atoms with van der Waals surface area (Å²) < 4.78 is 0. The van der Waals surface area contributed by atoms with E-state index in [1.54, 1.807) is 6.92 Å². The molecule has 0 aliphatic rings. The first-order chi connectivity index (χ1) is 8.86. The fourth-order valence-electron chi connectivity index (χ4n) is 1.47. The number of nitrogens with zero attached hydrogens (tertiary/aromatic N) is 2. The molecule has 0 saturated heterocycles. The first-order valence-corrected chi connectivity index (χ1v) is 7.27. The lowest BCUT2D eigenvalue weighted by Gasteiger charge is -2.15. The summed E-state index contributed by atoms with van der Waals surface area (Å²) in [7, 11) is 0. The molecule has 1 heterocycles. The highest BCUT2D eigenvalue weighted by Crippen LogP contribution is 2.25. The largest absolute Gasteiger partial charge is 0.478 e. The van der Waals surface area contributed by atoms with Gasteiger partial charge in [0, 0.05) is 12.2 Å². The minimum absolute atomic E-state index is 0.134. The number of hydrogen-bond donors (Lipinski definition) is 2. The smallest absolute Gasteiger partial charge is 0.340 e. The number of aromatic nitrogens is 2. The van der Waals surface area contributed by atoms with Crippen LogP contribution in [0, 0.1) is 12.8 Å². The summed E-state index contributed by atoms with van der Waals surface area (Å²) in [6.07, 6.45) is 0.174. The molecule has 0 saturated carbocycles. The number of thioether (sulfide) groups is 1.